The molecule has 3 nitrogen and oxygen atoms in total. The standard InChI is InChI=1S/C10H16N2O/c1-12(2)7-8-3-4-10(13)9(5-8)6-11/h3-5,13H,6-7,11H2,1-2H3. The summed E-state index contributed by atoms with van der Waals surface area (Å²) < 4.78 is 0. The smallest absolute Gasteiger partial charge is 0.120 e. The van der Waals surface area contributed by atoms with Crippen LogP contribution in [0.5, 0.6) is 5.75 Å². The van der Waals surface area contributed by atoms with Gasteiger partial charge in [-0.3, -0.25) is 0 Å². The monoisotopic (exact) mass is 180 g/mol. The molecule has 0 unspecified atom stereocenters. The van der Waals surface area contributed by atoms with Crippen LogP contribution in [0.2, 0.25) is 0 Å². The Hall–Kier alpha value is -1.06. The Kier molecular flexibility index (Phi) is 3.28. The van der Waals surface area contributed by atoms with Crippen LogP contribution in [0.3, 0.4) is 0 Å². The van der Waals surface area contributed by atoms with Crippen molar-refractivity contribution in [1.82, 2.24) is 4.90 Å². The summed E-state index contributed by atoms with van der Waals surface area (Å²) in [4.78, 5) is 2.08. The van der Waals surface area contributed by atoms with Gasteiger partial charge in [-0.1, -0.05) is 6.07 Å². The first-order chi connectivity index (χ1) is 6.13. The highest BCUT2D eigenvalue weighted by atomic mass is 16.3. The second-order valence-corrected chi connectivity index (χ2v) is 3.40. The van der Waals surface area contributed by atoms with Gasteiger partial charge in [-0.05, 0) is 31.8 Å². The van der Waals surface area contributed by atoms with Gasteiger partial charge in [0.1, 0.15) is 5.75 Å². The molecule has 72 valence electrons. The molecule has 1 aromatic carbocycles. The van der Waals surface area contributed by atoms with Crippen molar-refractivity contribution in [2.45, 2.75) is 13.1 Å². The first kappa shape index (κ1) is 10.0. The van der Waals surface area contributed by atoms with E-state index < -0.39 is 0 Å². The van der Waals surface area contributed by atoms with E-state index in [1.807, 2.05) is 26.2 Å². The number of phenolic OH excluding ortho intramolecular Hbond substituents is 1. The van der Waals surface area contributed by atoms with E-state index in [0.717, 1.165) is 12.1 Å². The van der Waals surface area contributed by atoms with E-state index in [-0.39, 0.29) is 5.75 Å². The summed E-state index contributed by atoms with van der Waals surface area (Å²) >= 11 is 0. The third kappa shape index (κ3) is 2.72. The number of nitrogens with zero attached hydrogens (tertiary/aromatic N) is 1. The minimum atomic E-state index is 0.282. The number of nitrogens with two attached hydrogens (primary N) is 1. The molecule has 0 aromatic heterocycles. The fourth-order valence-electron chi connectivity index (χ4n) is 1.27. The van der Waals surface area contributed by atoms with Crippen LogP contribution in [0, 0.1) is 0 Å². The van der Waals surface area contributed by atoms with E-state index in [1.54, 1.807) is 6.07 Å². The summed E-state index contributed by atoms with van der Waals surface area (Å²) in [5.41, 5.74) is 7.45. The fourth-order valence-corrected chi connectivity index (χ4v) is 1.27. The highest BCUT2D eigenvalue weighted by Crippen LogP contribution is 2.18. The number of aromatic hydroxyl groups is 1. The topological polar surface area (TPSA) is 49.5 Å². The maximum Gasteiger partial charge on any atom is 0.120 e. The Bertz CT molecular complexity index is 284. The van der Waals surface area contributed by atoms with Gasteiger partial charge in [0.25, 0.3) is 0 Å². The van der Waals surface area contributed by atoms with Crippen LogP contribution in [-0.4, -0.2) is 24.1 Å². The SMILES string of the molecule is CN(C)Cc1ccc(O)c(CN)c1. The Morgan fingerprint density at radius 2 is 2.08 bits per heavy atom. The van der Waals surface area contributed by atoms with Crippen molar-refractivity contribution in [3.63, 3.8) is 0 Å². The first-order valence-electron chi connectivity index (χ1n) is 4.29. The molecule has 0 atom stereocenters. The van der Waals surface area contributed by atoms with Gasteiger partial charge in [-0.2, -0.15) is 0 Å². The molecule has 0 aliphatic rings. The Morgan fingerprint density at radius 1 is 1.38 bits per heavy atom. The van der Waals surface area contributed by atoms with E-state index in [2.05, 4.69) is 4.90 Å². The summed E-state index contributed by atoms with van der Waals surface area (Å²) in [6, 6.07) is 5.55. The number of phenols is 1. The molecule has 0 saturated carbocycles. The average molecular weight is 180 g/mol. The molecule has 3 N–H and O–H groups in total. The summed E-state index contributed by atoms with van der Waals surface area (Å²) in [6.07, 6.45) is 0. The summed E-state index contributed by atoms with van der Waals surface area (Å²) in [5, 5.41) is 9.38. The molecular formula is C10H16N2O. The summed E-state index contributed by atoms with van der Waals surface area (Å²) in [6.45, 7) is 1.25. The van der Waals surface area contributed by atoms with Gasteiger partial charge in [0.05, 0.1) is 0 Å². The molecule has 0 radical (unpaired) electrons. The molecule has 0 amide bonds. The van der Waals surface area contributed by atoms with Crippen molar-refractivity contribution < 1.29 is 5.11 Å². The zero-order chi connectivity index (χ0) is 9.84. The van der Waals surface area contributed by atoms with Gasteiger partial charge >= 0.3 is 0 Å². The maximum absolute atomic E-state index is 9.38. The highest BCUT2D eigenvalue weighted by Gasteiger charge is 2.01. The lowest BCUT2D eigenvalue weighted by atomic mass is 10.1. The Balaban J connectivity index is 2.86. The predicted molar refractivity (Wildman–Crippen MR) is 53.4 cm³/mol. The minimum absolute atomic E-state index is 0.282. The lowest BCUT2D eigenvalue weighted by Crippen LogP contribution is -2.11. The minimum Gasteiger partial charge on any atom is -0.508 e. The van der Waals surface area contributed by atoms with E-state index in [4.69, 9.17) is 5.73 Å². The van der Waals surface area contributed by atoms with Crippen molar-refractivity contribution in [3.05, 3.63) is 29.3 Å². The second-order valence-electron chi connectivity index (χ2n) is 3.40. The van der Waals surface area contributed by atoms with Crippen molar-refractivity contribution in [2.75, 3.05) is 14.1 Å². The molecule has 0 spiro atoms. The fraction of sp³-hybridized carbons (Fsp3) is 0.400. The number of rotatable bonds is 3. The average Bonchev–Trinajstić information content (AvgIpc) is 2.07. The molecule has 0 saturated heterocycles. The third-order valence-electron chi connectivity index (χ3n) is 1.86. The van der Waals surface area contributed by atoms with Gasteiger partial charge in [0.15, 0.2) is 0 Å². The van der Waals surface area contributed by atoms with E-state index in [1.165, 1.54) is 5.56 Å². The zero-order valence-electron chi connectivity index (χ0n) is 8.12. The summed E-state index contributed by atoms with van der Waals surface area (Å²) in [7, 11) is 4.02. The van der Waals surface area contributed by atoms with Crippen LogP contribution in [-0.2, 0) is 13.1 Å². The molecule has 1 aromatic rings. The number of benzene rings is 1. The van der Waals surface area contributed by atoms with Crippen LogP contribution < -0.4 is 5.73 Å². The normalized spacial score (nSPS) is 10.8. The predicted octanol–water partition coefficient (Wildman–Crippen LogP) is 0.913. The molecule has 0 heterocycles. The molecule has 1 rings (SSSR count). The van der Waals surface area contributed by atoms with Crippen molar-refractivity contribution in [2.24, 2.45) is 5.73 Å². The van der Waals surface area contributed by atoms with Crippen LogP contribution in [0.1, 0.15) is 11.1 Å². The van der Waals surface area contributed by atoms with Crippen LogP contribution in [0.4, 0.5) is 0 Å². The molecule has 0 fully saturated rings. The van der Waals surface area contributed by atoms with Crippen LogP contribution >= 0.6 is 0 Å². The van der Waals surface area contributed by atoms with E-state index in [0.29, 0.717) is 6.54 Å². The Labute approximate surface area is 78.8 Å². The van der Waals surface area contributed by atoms with Crippen LogP contribution in [0.15, 0.2) is 18.2 Å². The van der Waals surface area contributed by atoms with Crippen LogP contribution in [0.25, 0.3) is 0 Å². The number of hydrogen-bond acceptors (Lipinski definition) is 3. The quantitative estimate of drug-likeness (QED) is 0.727. The Morgan fingerprint density at radius 3 is 2.62 bits per heavy atom. The largest absolute Gasteiger partial charge is 0.508 e. The van der Waals surface area contributed by atoms with Gasteiger partial charge in [0.2, 0.25) is 0 Å². The molecule has 13 heavy (non-hydrogen) atoms. The highest BCUT2D eigenvalue weighted by molar-refractivity contribution is 5.35. The lowest BCUT2D eigenvalue weighted by Gasteiger charge is -2.11. The molecule has 0 aliphatic heterocycles. The number of hydrogen-bond donors (Lipinski definition) is 2. The van der Waals surface area contributed by atoms with Crippen molar-refractivity contribution >= 4 is 0 Å². The van der Waals surface area contributed by atoms with E-state index >= 15 is 0 Å². The third-order valence-corrected chi connectivity index (χ3v) is 1.86. The zero-order valence-corrected chi connectivity index (χ0v) is 8.12. The molecule has 0 bridgehead atoms. The van der Waals surface area contributed by atoms with Gasteiger partial charge < -0.3 is 15.7 Å². The van der Waals surface area contributed by atoms with Crippen molar-refractivity contribution in [3.8, 4) is 5.75 Å². The summed E-state index contributed by atoms with van der Waals surface area (Å²) in [5.74, 6) is 0.282. The molecule has 3 heteroatoms. The first-order valence-corrected chi connectivity index (χ1v) is 4.29. The van der Waals surface area contributed by atoms with Gasteiger partial charge in [-0.15, -0.1) is 0 Å². The molecule has 0 aliphatic carbocycles. The van der Waals surface area contributed by atoms with Gasteiger partial charge in [0, 0.05) is 18.7 Å². The second kappa shape index (κ2) is 4.25. The van der Waals surface area contributed by atoms with E-state index in [9.17, 15) is 5.11 Å². The molecular weight excluding hydrogens is 164 g/mol. The van der Waals surface area contributed by atoms with Gasteiger partial charge in [-0.25, -0.2) is 0 Å². The lowest BCUT2D eigenvalue weighted by molar-refractivity contribution is 0.401. The maximum atomic E-state index is 9.38. The van der Waals surface area contributed by atoms with Crippen molar-refractivity contribution in [1.29, 1.82) is 0 Å².